The van der Waals surface area contributed by atoms with Crippen molar-refractivity contribution in [2.24, 2.45) is 5.73 Å². The van der Waals surface area contributed by atoms with Crippen molar-refractivity contribution in [2.45, 2.75) is 32.7 Å². The molecular formula is C15H23NO3S. The number of hydrogen-bond acceptors (Lipinski definition) is 4. The Morgan fingerprint density at radius 1 is 1.35 bits per heavy atom. The summed E-state index contributed by atoms with van der Waals surface area (Å²) < 4.78 is 5.68. The number of hydrogen-bond donors (Lipinski definition) is 2. The van der Waals surface area contributed by atoms with Crippen LogP contribution in [0.1, 0.15) is 24.0 Å². The molecule has 0 aliphatic heterocycles. The molecule has 0 fully saturated rings. The molecule has 3 N–H and O–H groups in total. The first-order valence-electron chi connectivity index (χ1n) is 6.77. The lowest BCUT2D eigenvalue weighted by Gasteiger charge is -2.08. The zero-order valence-electron chi connectivity index (χ0n) is 12.1. The van der Waals surface area contributed by atoms with Crippen LogP contribution >= 0.6 is 11.8 Å². The largest absolute Gasteiger partial charge is 0.494 e. The van der Waals surface area contributed by atoms with E-state index in [4.69, 9.17) is 15.6 Å². The lowest BCUT2D eigenvalue weighted by atomic mass is 10.1. The highest BCUT2D eigenvalue weighted by Gasteiger charge is 2.09. The summed E-state index contributed by atoms with van der Waals surface area (Å²) in [5.41, 5.74) is 7.92. The van der Waals surface area contributed by atoms with Crippen molar-refractivity contribution < 1.29 is 14.6 Å². The number of aliphatic carboxylic acids is 1. The van der Waals surface area contributed by atoms with Gasteiger partial charge in [0, 0.05) is 0 Å². The van der Waals surface area contributed by atoms with Crippen LogP contribution in [0.5, 0.6) is 5.75 Å². The molecule has 5 heteroatoms. The van der Waals surface area contributed by atoms with Crippen molar-refractivity contribution in [1.82, 2.24) is 0 Å². The fraction of sp³-hybridized carbons (Fsp3) is 0.533. The molecule has 0 saturated carbocycles. The van der Waals surface area contributed by atoms with Gasteiger partial charge in [-0.25, -0.2) is 0 Å². The molecule has 1 unspecified atom stereocenters. The third-order valence-corrected chi connectivity index (χ3v) is 4.17. The lowest BCUT2D eigenvalue weighted by molar-refractivity contribution is -0.138. The third-order valence-electron chi connectivity index (χ3n) is 3.07. The maximum absolute atomic E-state index is 10.5. The van der Waals surface area contributed by atoms with E-state index in [-0.39, 0.29) is 0 Å². The Balaban J connectivity index is 2.07. The number of aryl methyl sites for hydroxylation is 2. The van der Waals surface area contributed by atoms with Crippen LogP contribution in [0.15, 0.2) is 18.2 Å². The standard InChI is InChI=1S/C15H23NO3S/c1-11-4-5-13(10-12(11)2)19-7-3-8-20-9-6-14(16)15(17)18/h4-5,10,14H,3,6-9,16H2,1-2H3,(H,17,18). The van der Waals surface area contributed by atoms with Gasteiger partial charge in [-0.2, -0.15) is 11.8 Å². The van der Waals surface area contributed by atoms with Gasteiger partial charge in [-0.3, -0.25) is 4.79 Å². The van der Waals surface area contributed by atoms with Gasteiger partial charge in [0.2, 0.25) is 0 Å². The van der Waals surface area contributed by atoms with E-state index in [1.165, 1.54) is 11.1 Å². The molecule has 0 heterocycles. The molecule has 0 aliphatic carbocycles. The van der Waals surface area contributed by atoms with Gasteiger partial charge >= 0.3 is 5.97 Å². The summed E-state index contributed by atoms with van der Waals surface area (Å²) in [5.74, 6) is 1.71. The van der Waals surface area contributed by atoms with Crippen LogP contribution < -0.4 is 10.5 Å². The van der Waals surface area contributed by atoms with E-state index in [0.29, 0.717) is 13.0 Å². The van der Waals surface area contributed by atoms with E-state index < -0.39 is 12.0 Å². The van der Waals surface area contributed by atoms with Crippen molar-refractivity contribution in [1.29, 1.82) is 0 Å². The fourth-order valence-corrected chi connectivity index (χ4v) is 2.54. The maximum Gasteiger partial charge on any atom is 0.320 e. The van der Waals surface area contributed by atoms with E-state index >= 15 is 0 Å². The summed E-state index contributed by atoms with van der Waals surface area (Å²) in [6, 6.07) is 5.36. The van der Waals surface area contributed by atoms with Crippen molar-refractivity contribution in [3.05, 3.63) is 29.3 Å². The van der Waals surface area contributed by atoms with Crippen LogP contribution in [0.2, 0.25) is 0 Å². The van der Waals surface area contributed by atoms with Crippen LogP contribution in [0, 0.1) is 13.8 Å². The summed E-state index contributed by atoms with van der Waals surface area (Å²) in [4.78, 5) is 10.5. The molecule has 1 atom stereocenters. The molecule has 112 valence electrons. The Morgan fingerprint density at radius 2 is 2.10 bits per heavy atom. The SMILES string of the molecule is Cc1ccc(OCCCSCCC(N)C(=O)O)cc1C. The van der Waals surface area contributed by atoms with Crippen molar-refractivity contribution in [3.8, 4) is 5.75 Å². The average Bonchev–Trinajstić information content (AvgIpc) is 2.41. The highest BCUT2D eigenvalue weighted by Crippen LogP contribution is 2.16. The molecular weight excluding hydrogens is 274 g/mol. The summed E-state index contributed by atoms with van der Waals surface area (Å²) >= 11 is 1.72. The summed E-state index contributed by atoms with van der Waals surface area (Å²) in [6.07, 6.45) is 1.46. The number of rotatable bonds is 9. The Morgan fingerprint density at radius 3 is 2.75 bits per heavy atom. The maximum atomic E-state index is 10.5. The number of nitrogens with two attached hydrogens (primary N) is 1. The number of ether oxygens (including phenoxy) is 1. The molecule has 0 amide bonds. The van der Waals surface area contributed by atoms with E-state index in [2.05, 4.69) is 19.9 Å². The van der Waals surface area contributed by atoms with Crippen LogP contribution in [-0.2, 0) is 4.79 Å². The normalized spacial score (nSPS) is 12.2. The predicted octanol–water partition coefficient (Wildman–Crippen LogP) is 2.61. The minimum atomic E-state index is -0.927. The first kappa shape index (κ1) is 16.9. The van der Waals surface area contributed by atoms with Crippen molar-refractivity contribution in [2.75, 3.05) is 18.1 Å². The van der Waals surface area contributed by atoms with Crippen LogP contribution in [0.4, 0.5) is 0 Å². The third kappa shape index (κ3) is 6.30. The molecule has 1 aromatic carbocycles. The average molecular weight is 297 g/mol. The molecule has 4 nitrogen and oxygen atoms in total. The first-order valence-corrected chi connectivity index (χ1v) is 7.92. The number of benzene rings is 1. The highest BCUT2D eigenvalue weighted by molar-refractivity contribution is 7.99. The molecule has 0 bridgehead atoms. The molecule has 20 heavy (non-hydrogen) atoms. The summed E-state index contributed by atoms with van der Waals surface area (Å²) in [7, 11) is 0. The molecule has 1 aromatic rings. The molecule has 0 aliphatic rings. The molecule has 1 rings (SSSR count). The first-order chi connectivity index (χ1) is 9.50. The number of carboxylic acids is 1. The van der Waals surface area contributed by atoms with Gasteiger partial charge in [-0.05, 0) is 61.5 Å². The van der Waals surface area contributed by atoms with Gasteiger partial charge in [0.05, 0.1) is 6.61 Å². The number of thioether (sulfide) groups is 1. The van der Waals surface area contributed by atoms with E-state index in [0.717, 1.165) is 23.7 Å². The minimum absolute atomic E-state index is 0.512. The monoisotopic (exact) mass is 297 g/mol. The minimum Gasteiger partial charge on any atom is -0.494 e. The summed E-state index contributed by atoms with van der Waals surface area (Å²) in [5, 5.41) is 8.64. The quantitative estimate of drug-likeness (QED) is 0.685. The number of carboxylic acid groups (broad SMARTS) is 1. The van der Waals surface area contributed by atoms with E-state index in [1.807, 2.05) is 12.1 Å². The van der Waals surface area contributed by atoms with Crippen LogP contribution in [0.3, 0.4) is 0 Å². The molecule has 0 spiro atoms. The Kier molecular flexibility index (Phi) is 7.47. The van der Waals surface area contributed by atoms with E-state index in [1.54, 1.807) is 11.8 Å². The Labute approximate surface area is 124 Å². The van der Waals surface area contributed by atoms with Gasteiger partial charge in [0.15, 0.2) is 0 Å². The summed E-state index contributed by atoms with van der Waals surface area (Å²) in [6.45, 7) is 4.84. The predicted molar refractivity (Wildman–Crippen MR) is 83.6 cm³/mol. The van der Waals surface area contributed by atoms with Crippen LogP contribution in [-0.4, -0.2) is 35.2 Å². The van der Waals surface area contributed by atoms with Crippen LogP contribution in [0.25, 0.3) is 0 Å². The van der Waals surface area contributed by atoms with Gasteiger partial charge in [0.25, 0.3) is 0 Å². The number of carbonyl (C=O) groups is 1. The van der Waals surface area contributed by atoms with E-state index in [9.17, 15) is 4.79 Å². The van der Waals surface area contributed by atoms with Crippen molar-refractivity contribution in [3.63, 3.8) is 0 Å². The fourth-order valence-electron chi connectivity index (χ4n) is 1.59. The van der Waals surface area contributed by atoms with Gasteiger partial charge in [-0.1, -0.05) is 6.07 Å². The van der Waals surface area contributed by atoms with Crippen molar-refractivity contribution >= 4 is 17.7 Å². The topological polar surface area (TPSA) is 72.5 Å². The zero-order chi connectivity index (χ0) is 15.0. The molecule has 0 aromatic heterocycles. The van der Waals surface area contributed by atoms with Gasteiger partial charge in [-0.15, -0.1) is 0 Å². The lowest BCUT2D eigenvalue weighted by Crippen LogP contribution is -2.30. The molecule has 0 saturated heterocycles. The second kappa shape index (κ2) is 8.87. The Bertz CT molecular complexity index is 437. The zero-order valence-corrected chi connectivity index (χ0v) is 12.9. The smallest absolute Gasteiger partial charge is 0.320 e. The second-order valence-electron chi connectivity index (χ2n) is 4.79. The second-order valence-corrected chi connectivity index (χ2v) is 6.02. The van der Waals surface area contributed by atoms with Gasteiger partial charge < -0.3 is 15.6 Å². The highest BCUT2D eigenvalue weighted by atomic mass is 32.2. The molecule has 0 radical (unpaired) electrons. The van der Waals surface area contributed by atoms with Gasteiger partial charge in [0.1, 0.15) is 11.8 Å². The Hall–Kier alpha value is -1.20.